The van der Waals surface area contributed by atoms with Crippen LogP contribution in [0.4, 0.5) is 0 Å². The molecular formula is C18H22N2O2. The van der Waals surface area contributed by atoms with Gasteiger partial charge in [-0.2, -0.15) is 0 Å². The van der Waals surface area contributed by atoms with Crippen LogP contribution in [0.3, 0.4) is 0 Å². The number of aliphatic hydroxyl groups excluding tert-OH is 1. The summed E-state index contributed by atoms with van der Waals surface area (Å²) in [5.74, 6) is 0.354. The van der Waals surface area contributed by atoms with Crippen molar-refractivity contribution in [1.29, 1.82) is 0 Å². The maximum Gasteiger partial charge on any atom is 0.237 e. The molecule has 2 saturated heterocycles. The van der Waals surface area contributed by atoms with Crippen molar-refractivity contribution in [2.75, 3.05) is 19.7 Å². The minimum atomic E-state index is -0.0591. The van der Waals surface area contributed by atoms with Gasteiger partial charge in [0.25, 0.3) is 0 Å². The monoisotopic (exact) mass is 298 g/mol. The summed E-state index contributed by atoms with van der Waals surface area (Å²) in [5, 5.41) is 12.9. The van der Waals surface area contributed by atoms with Crippen molar-refractivity contribution in [3.8, 4) is 0 Å². The molecule has 4 rings (SSSR count). The number of carbonyl (C=O) groups excluding carboxylic acids is 1. The molecule has 2 fully saturated rings. The van der Waals surface area contributed by atoms with E-state index >= 15 is 0 Å². The topological polar surface area (TPSA) is 52.6 Å². The molecule has 2 aliphatic heterocycles. The van der Waals surface area contributed by atoms with Crippen molar-refractivity contribution in [3.63, 3.8) is 0 Å². The van der Waals surface area contributed by atoms with E-state index in [9.17, 15) is 9.90 Å². The molecule has 116 valence electrons. The summed E-state index contributed by atoms with van der Waals surface area (Å²) in [7, 11) is 0. The largest absolute Gasteiger partial charge is 0.394 e. The quantitative estimate of drug-likeness (QED) is 0.889. The third-order valence-corrected chi connectivity index (χ3v) is 5.36. The van der Waals surface area contributed by atoms with Gasteiger partial charge in [-0.1, -0.05) is 30.3 Å². The lowest BCUT2D eigenvalue weighted by atomic mass is 9.74. The van der Waals surface area contributed by atoms with Gasteiger partial charge < -0.3 is 15.3 Å². The Bertz CT molecular complexity index is 602. The van der Waals surface area contributed by atoms with Gasteiger partial charge in [0.05, 0.1) is 25.2 Å². The molecule has 0 bridgehead atoms. The highest BCUT2D eigenvalue weighted by molar-refractivity contribution is 5.81. The molecule has 3 aliphatic rings. The van der Waals surface area contributed by atoms with Gasteiger partial charge in [-0.3, -0.25) is 4.79 Å². The Balaban J connectivity index is 1.57. The number of nitrogens with one attached hydrogen (secondary N) is 1. The Morgan fingerprint density at radius 2 is 2.09 bits per heavy atom. The first kappa shape index (κ1) is 14.0. The van der Waals surface area contributed by atoms with E-state index in [0.717, 1.165) is 6.54 Å². The second kappa shape index (κ2) is 5.52. The number of allylic oxidation sites excluding steroid dienone is 2. The first-order valence-electron chi connectivity index (χ1n) is 8.21. The van der Waals surface area contributed by atoms with Gasteiger partial charge in [0.15, 0.2) is 0 Å². The van der Waals surface area contributed by atoms with Crippen LogP contribution in [0.15, 0.2) is 30.3 Å². The van der Waals surface area contributed by atoms with Crippen molar-refractivity contribution in [2.24, 2.45) is 0 Å². The van der Waals surface area contributed by atoms with Crippen LogP contribution in [0.2, 0.25) is 0 Å². The van der Waals surface area contributed by atoms with Gasteiger partial charge in [-0.25, -0.2) is 0 Å². The maximum absolute atomic E-state index is 12.0. The minimum absolute atomic E-state index is 0.0415. The molecule has 1 aromatic carbocycles. The molecule has 2 heterocycles. The SMILES string of the molecule is O=C1CNC[C@@H]2[C@@H](c3ccc(C4=CCCC4)cc3)[C@H](CO)N12. The molecule has 1 aliphatic carbocycles. The molecule has 2 N–H and O–H groups in total. The fourth-order valence-corrected chi connectivity index (χ4v) is 4.26. The molecule has 0 radical (unpaired) electrons. The predicted molar refractivity (Wildman–Crippen MR) is 85.4 cm³/mol. The number of hydrogen-bond acceptors (Lipinski definition) is 3. The Kier molecular flexibility index (Phi) is 3.51. The molecular weight excluding hydrogens is 276 g/mol. The zero-order valence-corrected chi connectivity index (χ0v) is 12.7. The summed E-state index contributed by atoms with van der Waals surface area (Å²) in [5.41, 5.74) is 4.00. The van der Waals surface area contributed by atoms with Crippen LogP contribution in [0.5, 0.6) is 0 Å². The smallest absolute Gasteiger partial charge is 0.237 e. The minimum Gasteiger partial charge on any atom is -0.394 e. The van der Waals surface area contributed by atoms with Crippen molar-refractivity contribution in [3.05, 3.63) is 41.5 Å². The van der Waals surface area contributed by atoms with Gasteiger partial charge in [-0.05, 0) is 36.0 Å². The number of hydrogen-bond donors (Lipinski definition) is 2. The first-order valence-corrected chi connectivity index (χ1v) is 8.21. The molecule has 0 saturated carbocycles. The number of amides is 1. The Morgan fingerprint density at radius 3 is 2.77 bits per heavy atom. The van der Waals surface area contributed by atoms with Gasteiger partial charge >= 0.3 is 0 Å². The van der Waals surface area contributed by atoms with E-state index < -0.39 is 0 Å². The van der Waals surface area contributed by atoms with Gasteiger partial charge in [0.2, 0.25) is 5.91 Å². The number of piperazine rings is 1. The molecule has 1 amide bonds. The highest BCUT2D eigenvalue weighted by atomic mass is 16.3. The number of benzene rings is 1. The zero-order valence-electron chi connectivity index (χ0n) is 12.7. The summed E-state index contributed by atoms with van der Waals surface area (Å²) in [6.45, 7) is 1.26. The van der Waals surface area contributed by atoms with Gasteiger partial charge in [0, 0.05) is 12.5 Å². The molecule has 22 heavy (non-hydrogen) atoms. The fraction of sp³-hybridized carbons (Fsp3) is 0.500. The van der Waals surface area contributed by atoms with Crippen LogP contribution in [0.25, 0.3) is 5.57 Å². The first-order chi connectivity index (χ1) is 10.8. The van der Waals surface area contributed by atoms with E-state index in [-0.39, 0.29) is 30.5 Å². The number of rotatable bonds is 3. The van der Waals surface area contributed by atoms with Crippen LogP contribution in [-0.2, 0) is 4.79 Å². The molecule has 0 aromatic heterocycles. The Labute approximate surface area is 130 Å². The number of carbonyl (C=O) groups is 1. The molecule has 4 nitrogen and oxygen atoms in total. The van der Waals surface area contributed by atoms with Crippen LogP contribution in [-0.4, -0.2) is 47.7 Å². The summed E-state index contributed by atoms with van der Waals surface area (Å²) in [4.78, 5) is 13.8. The number of aliphatic hydroxyl groups is 1. The van der Waals surface area contributed by atoms with Crippen molar-refractivity contribution in [2.45, 2.75) is 37.3 Å². The molecule has 3 atom stereocenters. The van der Waals surface area contributed by atoms with Crippen molar-refractivity contribution < 1.29 is 9.90 Å². The fourth-order valence-electron chi connectivity index (χ4n) is 4.26. The number of fused-ring (bicyclic) bond motifs is 1. The predicted octanol–water partition coefficient (Wildman–Crippen LogP) is 1.51. The summed E-state index contributed by atoms with van der Waals surface area (Å²) < 4.78 is 0. The van der Waals surface area contributed by atoms with E-state index in [0.29, 0.717) is 6.54 Å². The summed E-state index contributed by atoms with van der Waals surface area (Å²) in [6.07, 6.45) is 5.96. The summed E-state index contributed by atoms with van der Waals surface area (Å²) in [6, 6.07) is 8.88. The van der Waals surface area contributed by atoms with Gasteiger partial charge in [-0.15, -0.1) is 0 Å². The van der Waals surface area contributed by atoms with Crippen LogP contribution >= 0.6 is 0 Å². The van der Waals surface area contributed by atoms with Crippen molar-refractivity contribution >= 4 is 11.5 Å². The third-order valence-electron chi connectivity index (χ3n) is 5.36. The maximum atomic E-state index is 12.0. The Morgan fingerprint density at radius 1 is 1.27 bits per heavy atom. The van der Waals surface area contributed by atoms with Crippen LogP contribution < -0.4 is 5.32 Å². The van der Waals surface area contributed by atoms with Crippen molar-refractivity contribution in [1.82, 2.24) is 10.2 Å². The third kappa shape index (κ3) is 2.09. The molecule has 4 heteroatoms. The standard InChI is InChI=1S/C18H22N2O2/c21-11-16-18(15-9-19-10-17(22)20(15)16)14-7-5-13(6-8-14)12-3-1-2-4-12/h3,5-8,15-16,18-19,21H,1-2,4,9-11H2/t15-,16+,18-/m1/s1. The second-order valence-corrected chi connectivity index (χ2v) is 6.52. The lowest BCUT2D eigenvalue weighted by Crippen LogP contribution is -2.72. The van der Waals surface area contributed by atoms with Gasteiger partial charge in [0.1, 0.15) is 0 Å². The lowest BCUT2D eigenvalue weighted by Gasteiger charge is -2.57. The average molecular weight is 298 g/mol. The van der Waals surface area contributed by atoms with E-state index in [1.54, 1.807) is 0 Å². The molecule has 0 unspecified atom stereocenters. The molecule has 0 spiro atoms. The second-order valence-electron chi connectivity index (χ2n) is 6.52. The molecule has 1 aromatic rings. The highest BCUT2D eigenvalue weighted by Crippen LogP contribution is 2.41. The average Bonchev–Trinajstić information content (AvgIpc) is 3.04. The number of nitrogens with zero attached hydrogens (tertiary/aromatic N) is 1. The Hall–Kier alpha value is -1.65. The summed E-state index contributed by atoms with van der Waals surface area (Å²) >= 11 is 0. The van der Waals surface area contributed by atoms with Crippen LogP contribution in [0.1, 0.15) is 36.3 Å². The normalized spacial score (nSPS) is 30.8. The van der Waals surface area contributed by atoms with E-state index in [4.69, 9.17) is 0 Å². The van der Waals surface area contributed by atoms with E-state index in [1.807, 2.05) is 4.90 Å². The van der Waals surface area contributed by atoms with E-state index in [1.165, 1.54) is 36.0 Å². The van der Waals surface area contributed by atoms with Crippen LogP contribution in [0, 0.1) is 0 Å². The highest BCUT2D eigenvalue weighted by Gasteiger charge is 2.52. The van der Waals surface area contributed by atoms with E-state index in [2.05, 4.69) is 35.7 Å². The lowest BCUT2D eigenvalue weighted by molar-refractivity contribution is -0.153. The zero-order chi connectivity index (χ0) is 15.1.